The van der Waals surface area contributed by atoms with Gasteiger partial charge in [0, 0.05) is 18.0 Å². The average Bonchev–Trinajstić information content (AvgIpc) is 2.69. The van der Waals surface area contributed by atoms with Crippen molar-refractivity contribution >= 4 is 5.82 Å². The molecule has 0 saturated carbocycles. The van der Waals surface area contributed by atoms with Crippen LogP contribution in [0, 0.1) is 5.82 Å². The van der Waals surface area contributed by atoms with Gasteiger partial charge in [-0.15, -0.1) is 0 Å². The van der Waals surface area contributed by atoms with Gasteiger partial charge in [0.05, 0.1) is 0 Å². The van der Waals surface area contributed by atoms with E-state index >= 15 is 0 Å². The fourth-order valence-corrected chi connectivity index (χ4v) is 2.20. The third-order valence-corrected chi connectivity index (χ3v) is 3.12. The van der Waals surface area contributed by atoms with Crippen molar-refractivity contribution in [1.82, 2.24) is 9.55 Å². The standard InChI is InChI=1S/C15H20FN3/c1-4-9-19-14(17)13(18-15(19)10(2)3)11-5-7-12(16)8-6-11/h5-8,10H,4,9,17H2,1-3H3. The molecule has 1 aromatic heterocycles. The van der Waals surface area contributed by atoms with Crippen molar-refractivity contribution in [2.75, 3.05) is 5.73 Å². The minimum Gasteiger partial charge on any atom is -0.383 e. The van der Waals surface area contributed by atoms with Crippen LogP contribution in [0.1, 0.15) is 38.9 Å². The number of hydrogen-bond donors (Lipinski definition) is 1. The molecule has 2 N–H and O–H groups in total. The van der Waals surface area contributed by atoms with E-state index in [1.165, 1.54) is 12.1 Å². The largest absolute Gasteiger partial charge is 0.383 e. The van der Waals surface area contributed by atoms with Gasteiger partial charge in [0.1, 0.15) is 23.2 Å². The number of aromatic nitrogens is 2. The molecule has 0 saturated heterocycles. The van der Waals surface area contributed by atoms with Crippen molar-refractivity contribution in [1.29, 1.82) is 0 Å². The first-order valence-electron chi connectivity index (χ1n) is 6.66. The molecule has 2 aromatic rings. The lowest BCUT2D eigenvalue weighted by atomic mass is 10.1. The minimum atomic E-state index is -0.251. The van der Waals surface area contributed by atoms with Gasteiger partial charge in [-0.2, -0.15) is 0 Å². The molecule has 0 amide bonds. The van der Waals surface area contributed by atoms with Gasteiger partial charge in [-0.05, 0) is 30.7 Å². The zero-order valence-corrected chi connectivity index (χ0v) is 11.7. The predicted molar refractivity (Wildman–Crippen MR) is 76.4 cm³/mol. The van der Waals surface area contributed by atoms with Crippen molar-refractivity contribution in [2.24, 2.45) is 0 Å². The van der Waals surface area contributed by atoms with Crippen LogP contribution in [-0.4, -0.2) is 9.55 Å². The van der Waals surface area contributed by atoms with Gasteiger partial charge in [-0.25, -0.2) is 9.37 Å². The Morgan fingerprint density at radius 2 is 1.89 bits per heavy atom. The molecule has 0 aliphatic carbocycles. The van der Waals surface area contributed by atoms with E-state index in [1.54, 1.807) is 12.1 Å². The highest BCUT2D eigenvalue weighted by atomic mass is 19.1. The SMILES string of the molecule is CCCn1c(C(C)C)nc(-c2ccc(F)cc2)c1N. The second-order valence-corrected chi connectivity index (χ2v) is 5.02. The van der Waals surface area contributed by atoms with Crippen molar-refractivity contribution in [2.45, 2.75) is 39.7 Å². The molecule has 4 heteroatoms. The normalized spacial score (nSPS) is 11.2. The van der Waals surface area contributed by atoms with Crippen LogP contribution in [0.3, 0.4) is 0 Å². The smallest absolute Gasteiger partial charge is 0.131 e. The summed E-state index contributed by atoms with van der Waals surface area (Å²) in [4.78, 5) is 4.64. The number of nitrogen functional groups attached to an aromatic ring is 1. The summed E-state index contributed by atoms with van der Waals surface area (Å²) in [5.74, 6) is 1.71. The van der Waals surface area contributed by atoms with Crippen LogP contribution in [0.4, 0.5) is 10.2 Å². The molecular formula is C15H20FN3. The Bertz CT molecular complexity index is 556. The molecule has 0 aliphatic rings. The number of halogens is 1. The number of imidazole rings is 1. The molecule has 1 heterocycles. The van der Waals surface area contributed by atoms with Gasteiger partial charge in [0.15, 0.2) is 0 Å². The quantitative estimate of drug-likeness (QED) is 0.909. The molecule has 2 rings (SSSR count). The molecule has 0 aliphatic heterocycles. The topological polar surface area (TPSA) is 43.8 Å². The van der Waals surface area contributed by atoms with Crippen molar-refractivity contribution in [3.05, 3.63) is 35.9 Å². The summed E-state index contributed by atoms with van der Waals surface area (Å²) in [5.41, 5.74) is 7.81. The predicted octanol–water partition coefficient (Wildman–Crippen LogP) is 3.80. The van der Waals surface area contributed by atoms with Gasteiger partial charge >= 0.3 is 0 Å². The Morgan fingerprint density at radius 1 is 1.26 bits per heavy atom. The van der Waals surface area contributed by atoms with Crippen LogP contribution in [0.25, 0.3) is 11.3 Å². The van der Waals surface area contributed by atoms with Crippen molar-refractivity contribution in [3.8, 4) is 11.3 Å². The molecule has 19 heavy (non-hydrogen) atoms. The van der Waals surface area contributed by atoms with E-state index in [0.717, 1.165) is 30.0 Å². The van der Waals surface area contributed by atoms with Gasteiger partial charge in [-0.1, -0.05) is 20.8 Å². The zero-order chi connectivity index (χ0) is 14.0. The van der Waals surface area contributed by atoms with Crippen LogP contribution in [-0.2, 0) is 6.54 Å². The first kappa shape index (κ1) is 13.6. The van der Waals surface area contributed by atoms with E-state index in [9.17, 15) is 4.39 Å². The number of hydrogen-bond acceptors (Lipinski definition) is 2. The highest BCUT2D eigenvalue weighted by Crippen LogP contribution is 2.29. The Balaban J connectivity index is 2.52. The molecule has 0 radical (unpaired) electrons. The Hall–Kier alpha value is -1.84. The monoisotopic (exact) mass is 261 g/mol. The van der Waals surface area contributed by atoms with Crippen molar-refractivity contribution in [3.63, 3.8) is 0 Å². The maximum atomic E-state index is 13.0. The first-order chi connectivity index (χ1) is 9.04. The highest BCUT2D eigenvalue weighted by molar-refractivity contribution is 5.71. The van der Waals surface area contributed by atoms with Gasteiger partial charge in [0.25, 0.3) is 0 Å². The fraction of sp³-hybridized carbons (Fsp3) is 0.400. The van der Waals surface area contributed by atoms with Crippen LogP contribution in [0.5, 0.6) is 0 Å². The lowest BCUT2D eigenvalue weighted by Gasteiger charge is -2.10. The number of anilines is 1. The fourth-order valence-electron chi connectivity index (χ4n) is 2.20. The van der Waals surface area contributed by atoms with E-state index in [-0.39, 0.29) is 5.82 Å². The summed E-state index contributed by atoms with van der Waals surface area (Å²) in [6.45, 7) is 7.17. The van der Waals surface area contributed by atoms with Gasteiger partial charge in [0.2, 0.25) is 0 Å². The summed E-state index contributed by atoms with van der Waals surface area (Å²) >= 11 is 0. The van der Waals surface area contributed by atoms with Crippen LogP contribution >= 0.6 is 0 Å². The number of benzene rings is 1. The van der Waals surface area contributed by atoms with E-state index in [4.69, 9.17) is 5.73 Å². The van der Waals surface area contributed by atoms with Crippen molar-refractivity contribution < 1.29 is 4.39 Å². The molecule has 102 valence electrons. The minimum absolute atomic E-state index is 0.251. The summed E-state index contributed by atoms with van der Waals surface area (Å²) < 4.78 is 15.0. The molecule has 0 spiro atoms. The maximum absolute atomic E-state index is 13.0. The van der Waals surface area contributed by atoms with Gasteiger partial charge in [-0.3, -0.25) is 0 Å². The lowest BCUT2D eigenvalue weighted by molar-refractivity contribution is 0.616. The maximum Gasteiger partial charge on any atom is 0.131 e. The second-order valence-electron chi connectivity index (χ2n) is 5.02. The molecule has 3 nitrogen and oxygen atoms in total. The first-order valence-corrected chi connectivity index (χ1v) is 6.66. The van der Waals surface area contributed by atoms with Crippen LogP contribution < -0.4 is 5.73 Å². The molecule has 0 atom stereocenters. The Kier molecular flexibility index (Phi) is 3.88. The molecule has 0 bridgehead atoms. The molecular weight excluding hydrogens is 241 g/mol. The van der Waals surface area contributed by atoms with E-state index in [0.29, 0.717) is 11.7 Å². The van der Waals surface area contributed by atoms with Gasteiger partial charge < -0.3 is 10.3 Å². The zero-order valence-electron chi connectivity index (χ0n) is 11.7. The summed E-state index contributed by atoms with van der Waals surface area (Å²) in [6, 6.07) is 6.30. The number of rotatable bonds is 4. The average molecular weight is 261 g/mol. The van der Waals surface area contributed by atoms with E-state index in [2.05, 4.69) is 30.3 Å². The Labute approximate surface area is 113 Å². The van der Waals surface area contributed by atoms with Crippen LogP contribution in [0.15, 0.2) is 24.3 Å². The highest BCUT2D eigenvalue weighted by Gasteiger charge is 2.17. The van der Waals surface area contributed by atoms with Crippen LogP contribution in [0.2, 0.25) is 0 Å². The molecule has 0 fully saturated rings. The number of nitrogens with zero attached hydrogens (tertiary/aromatic N) is 2. The molecule has 0 unspecified atom stereocenters. The number of nitrogens with two attached hydrogens (primary N) is 1. The Morgan fingerprint density at radius 3 is 2.42 bits per heavy atom. The third-order valence-electron chi connectivity index (χ3n) is 3.12. The van der Waals surface area contributed by atoms with E-state index < -0.39 is 0 Å². The summed E-state index contributed by atoms with van der Waals surface area (Å²) in [6.07, 6.45) is 1.00. The third kappa shape index (κ3) is 2.62. The summed E-state index contributed by atoms with van der Waals surface area (Å²) in [7, 11) is 0. The summed E-state index contributed by atoms with van der Waals surface area (Å²) in [5, 5.41) is 0. The lowest BCUT2D eigenvalue weighted by Crippen LogP contribution is -2.08. The second kappa shape index (κ2) is 5.43. The van der Waals surface area contributed by atoms with E-state index in [1.807, 2.05) is 0 Å². The molecule has 1 aromatic carbocycles.